The normalized spacial score (nSPS) is 33.5. The molecule has 0 bridgehead atoms. The summed E-state index contributed by atoms with van der Waals surface area (Å²) in [7, 11) is 0. The quantitative estimate of drug-likeness (QED) is 0.565. The maximum Gasteiger partial charge on any atom is 0.134 e. The molecule has 0 aliphatic carbocycles. The summed E-state index contributed by atoms with van der Waals surface area (Å²) < 4.78 is 10.9. The van der Waals surface area contributed by atoms with Crippen LogP contribution in [0.1, 0.15) is 0 Å². The van der Waals surface area contributed by atoms with Gasteiger partial charge in [0.15, 0.2) is 0 Å². The van der Waals surface area contributed by atoms with Crippen molar-refractivity contribution in [2.75, 3.05) is 46.0 Å². The zero-order valence-electron chi connectivity index (χ0n) is 7.29. The van der Waals surface area contributed by atoms with Crippen LogP contribution in [0, 0.1) is 0 Å². The lowest BCUT2D eigenvalue weighted by Crippen LogP contribution is -2.52. The van der Waals surface area contributed by atoms with Crippen LogP contribution in [-0.2, 0) is 9.47 Å². The number of rotatable bonds is 1. The third-order valence-corrected chi connectivity index (χ3v) is 2.36. The first-order chi connectivity index (χ1) is 5.97. The summed E-state index contributed by atoms with van der Waals surface area (Å²) in [6.07, 6.45) is 0.209. The second kappa shape index (κ2) is 4.18. The number of hydrogen-bond donors (Lipinski definition) is 1. The lowest BCUT2D eigenvalue weighted by Gasteiger charge is -2.36. The average Bonchev–Trinajstić information content (AvgIpc) is 2.21. The lowest BCUT2D eigenvalue weighted by molar-refractivity contribution is -0.156. The van der Waals surface area contributed by atoms with E-state index < -0.39 is 0 Å². The van der Waals surface area contributed by atoms with Crippen molar-refractivity contribution in [3.05, 3.63) is 0 Å². The van der Waals surface area contributed by atoms with E-state index in [1.54, 1.807) is 0 Å². The first-order valence-corrected chi connectivity index (χ1v) is 4.61. The Balaban J connectivity index is 1.80. The Morgan fingerprint density at radius 3 is 2.67 bits per heavy atom. The van der Waals surface area contributed by atoms with Crippen LogP contribution >= 0.6 is 0 Å². The standard InChI is InChI=1S/C8H16N2O2/c1-3-10(4-2-9-1)8-7-11-5-6-12-8/h8-9H,1-7H2. The van der Waals surface area contributed by atoms with Crippen molar-refractivity contribution < 1.29 is 9.47 Å². The summed E-state index contributed by atoms with van der Waals surface area (Å²) in [6, 6.07) is 0. The van der Waals surface area contributed by atoms with E-state index in [1.807, 2.05) is 0 Å². The van der Waals surface area contributed by atoms with Gasteiger partial charge in [0.2, 0.25) is 0 Å². The Labute approximate surface area is 72.8 Å². The van der Waals surface area contributed by atoms with Crippen molar-refractivity contribution in [2.45, 2.75) is 6.23 Å². The molecule has 2 saturated heterocycles. The second-order valence-electron chi connectivity index (χ2n) is 3.19. The summed E-state index contributed by atoms with van der Waals surface area (Å²) in [5.41, 5.74) is 0. The highest BCUT2D eigenvalue weighted by Gasteiger charge is 2.23. The first-order valence-electron chi connectivity index (χ1n) is 4.61. The molecule has 2 heterocycles. The van der Waals surface area contributed by atoms with E-state index in [4.69, 9.17) is 9.47 Å². The summed E-state index contributed by atoms with van der Waals surface area (Å²) in [4.78, 5) is 2.34. The molecule has 2 aliphatic rings. The maximum atomic E-state index is 5.59. The van der Waals surface area contributed by atoms with E-state index in [9.17, 15) is 0 Å². The van der Waals surface area contributed by atoms with Crippen molar-refractivity contribution in [1.29, 1.82) is 0 Å². The van der Waals surface area contributed by atoms with E-state index in [0.29, 0.717) is 0 Å². The van der Waals surface area contributed by atoms with Crippen LogP contribution in [-0.4, -0.2) is 57.1 Å². The fraction of sp³-hybridized carbons (Fsp3) is 1.00. The Hall–Kier alpha value is -0.160. The fourth-order valence-corrected chi connectivity index (χ4v) is 1.66. The Kier molecular flexibility index (Phi) is 2.94. The number of nitrogens with zero attached hydrogens (tertiary/aromatic N) is 1. The van der Waals surface area contributed by atoms with Gasteiger partial charge in [0.25, 0.3) is 0 Å². The van der Waals surface area contributed by atoms with Gasteiger partial charge in [0, 0.05) is 26.2 Å². The molecule has 0 aromatic carbocycles. The van der Waals surface area contributed by atoms with Crippen molar-refractivity contribution in [2.24, 2.45) is 0 Å². The number of hydrogen-bond acceptors (Lipinski definition) is 4. The van der Waals surface area contributed by atoms with Crippen LogP contribution in [0.25, 0.3) is 0 Å². The maximum absolute atomic E-state index is 5.59. The Morgan fingerprint density at radius 1 is 1.17 bits per heavy atom. The molecule has 0 aromatic rings. The molecule has 0 amide bonds. The van der Waals surface area contributed by atoms with Crippen LogP contribution in [0.15, 0.2) is 0 Å². The largest absolute Gasteiger partial charge is 0.375 e. The highest BCUT2D eigenvalue weighted by Crippen LogP contribution is 2.07. The average molecular weight is 172 g/mol. The van der Waals surface area contributed by atoms with Crippen molar-refractivity contribution >= 4 is 0 Å². The number of nitrogens with one attached hydrogen (secondary N) is 1. The monoisotopic (exact) mass is 172 g/mol. The van der Waals surface area contributed by atoms with E-state index in [2.05, 4.69) is 10.2 Å². The van der Waals surface area contributed by atoms with Crippen molar-refractivity contribution in [3.63, 3.8) is 0 Å². The van der Waals surface area contributed by atoms with Gasteiger partial charge in [-0.2, -0.15) is 0 Å². The number of ether oxygens (including phenoxy) is 2. The molecule has 4 nitrogen and oxygen atoms in total. The van der Waals surface area contributed by atoms with Gasteiger partial charge in [-0.3, -0.25) is 4.90 Å². The van der Waals surface area contributed by atoms with Crippen LogP contribution < -0.4 is 5.32 Å². The third-order valence-electron chi connectivity index (χ3n) is 2.36. The molecule has 2 rings (SSSR count). The molecule has 0 spiro atoms. The summed E-state index contributed by atoms with van der Waals surface area (Å²) in [5, 5.41) is 3.32. The van der Waals surface area contributed by atoms with Crippen LogP contribution in [0.5, 0.6) is 0 Å². The van der Waals surface area contributed by atoms with Crippen LogP contribution in [0.2, 0.25) is 0 Å². The molecule has 4 heteroatoms. The van der Waals surface area contributed by atoms with Gasteiger partial charge >= 0.3 is 0 Å². The van der Waals surface area contributed by atoms with E-state index >= 15 is 0 Å². The predicted molar refractivity (Wildman–Crippen MR) is 45.0 cm³/mol. The molecular formula is C8H16N2O2. The minimum absolute atomic E-state index is 0.209. The second-order valence-corrected chi connectivity index (χ2v) is 3.19. The zero-order chi connectivity index (χ0) is 8.23. The van der Waals surface area contributed by atoms with Gasteiger partial charge in [-0.15, -0.1) is 0 Å². The lowest BCUT2D eigenvalue weighted by atomic mass is 10.3. The molecule has 1 unspecified atom stereocenters. The first kappa shape index (κ1) is 8.44. The smallest absolute Gasteiger partial charge is 0.134 e. The zero-order valence-corrected chi connectivity index (χ0v) is 7.29. The van der Waals surface area contributed by atoms with Crippen LogP contribution in [0.3, 0.4) is 0 Å². The molecule has 70 valence electrons. The van der Waals surface area contributed by atoms with Gasteiger partial charge in [0.05, 0.1) is 19.8 Å². The van der Waals surface area contributed by atoms with Gasteiger partial charge in [0.1, 0.15) is 6.23 Å². The molecule has 2 aliphatic heterocycles. The molecule has 12 heavy (non-hydrogen) atoms. The van der Waals surface area contributed by atoms with Crippen molar-refractivity contribution in [3.8, 4) is 0 Å². The van der Waals surface area contributed by atoms with E-state index in [-0.39, 0.29) is 6.23 Å². The summed E-state index contributed by atoms with van der Waals surface area (Å²) in [5.74, 6) is 0. The summed E-state index contributed by atoms with van der Waals surface area (Å²) in [6.45, 7) is 6.53. The van der Waals surface area contributed by atoms with Crippen LogP contribution in [0.4, 0.5) is 0 Å². The van der Waals surface area contributed by atoms with Crippen molar-refractivity contribution in [1.82, 2.24) is 10.2 Å². The minimum Gasteiger partial charge on any atom is -0.375 e. The minimum atomic E-state index is 0.209. The molecule has 2 fully saturated rings. The Bertz CT molecular complexity index is 115. The topological polar surface area (TPSA) is 33.7 Å². The molecule has 0 saturated carbocycles. The predicted octanol–water partition coefficient (Wildman–Crippen LogP) is -0.735. The molecule has 0 radical (unpaired) electrons. The van der Waals surface area contributed by atoms with E-state index in [0.717, 1.165) is 46.0 Å². The fourth-order valence-electron chi connectivity index (χ4n) is 1.66. The molecule has 1 atom stereocenters. The Morgan fingerprint density at radius 2 is 2.00 bits per heavy atom. The molecule has 1 N–H and O–H groups in total. The van der Waals surface area contributed by atoms with Gasteiger partial charge < -0.3 is 14.8 Å². The number of piperazine rings is 1. The van der Waals surface area contributed by atoms with E-state index in [1.165, 1.54) is 0 Å². The highest BCUT2D eigenvalue weighted by atomic mass is 16.6. The van der Waals surface area contributed by atoms with Gasteiger partial charge in [-0.25, -0.2) is 0 Å². The molecular weight excluding hydrogens is 156 g/mol. The third kappa shape index (κ3) is 1.95. The van der Waals surface area contributed by atoms with Gasteiger partial charge in [-0.1, -0.05) is 0 Å². The summed E-state index contributed by atoms with van der Waals surface area (Å²) >= 11 is 0. The highest BCUT2D eigenvalue weighted by molar-refractivity contribution is 4.72. The SMILES string of the molecule is C1CN(C2COCCO2)CCN1. The van der Waals surface area contributed by atoms with Gasteiger partial charge in [-0.05, 0) is 0 Å². The molecule has 0 aromatic heterocycles.